The molecule has 0 saturated heterocycles. The molecule has 0 nitrogen and oxygen atoms in total. The number of benzene rings is 8. The summed E-state index contributed by atoms with van der Waals surface area (Å²) in [5.41, 5.74) is 12.2. The van der Waals surface area contributed by atoms with E-state index >= 15 is 0 Å². The second kappa shape index (κ2) is 10.9. The van der Waals surface area contributed by atoms with Gasteiger partial charge in [0.05, 0.1) is 0 Å². The van der Waals surface area contributed by atoms with Gasteiger partial charge in [-0.15, -0.1) is 0 Å². The Morgan fingerprint density at radius 1 is 0.370 bits per heavy atom. The number of hydrogen-bond donors (Lipinski definition) is 0. The summed E-state index contributed by atoms with van der Waals surface area (Å²) in [6, 6.07) is 60.5. The molecule has 0 radical (unpaired) electrons. The van der Waals surface area contributed by atoms with Crippen molar-refractivity contribution >= 4 is 32.3 Å². The number of hydrogen-bond acceptors (Lipinski definition) is 0. The molecule has 1 fully saturated rings. The largest absolute Gasteiger partial charge is 0.0622 e. The molecule has 46 heavy (non-hydrogen) atoms. The molecule has 0 bridgehead atoms. The second-order valence-corrected chi connectivity index (χ2v) is 12.8. The van der Waals surface area contributed by atoms with Gasteiger partial charge < -0.3 is 0 Å². The zero-order valence-electron chi connectivity index (χ0n) is 26.0. The van der Waals surface area contributed by atoms with E-state index in [1.807, 2.05) is 0 Å². The summed E-state index contributed by atoms with van der Waals surface area (Å²) in [5, 5.41) is 7.78. The Morgan fingerprint density at radius 2 is 0.848 bits per heavy atom. The topological polar surface area (TPSA) is 0 Å². The van der Waals surface area contributed by atoms with Gasteiger partial charge >= 0.3 is 0 Å². The highest BCUT2D eigenvalue weighted by molar-refractivity contribution is 6.24. The average molecular weight is 587 g/mol. The molecule has 0 aliphatic heterocycles. The molecule has 0 aromatic heterocycles. The maximum atomic E-state index is 2.37. The van der Waals surface area contributed by atoms with Crippen LogP contribution in [0.15, 0.2) is 164 Å². The van der Waals surface area contributed by atoms with Crippen molar-refractivity contribution < 1.29 is 0 Å². The van der Waals surface area contributed by atoms with Gasteiger partial charge in [-0.05, 0) is 108 Å². The quantitative estimate of drug-likeness (QED) is 0.176. The Hall–Kier alpha value is -5.46. The lowest BCUT2D eigenvalue weighted by atomic mass is 9.82. The average Bonchev–Trinajstić information content (AvgIpc) is 3.92. The summed E-state index contributed by atoms with van der Waals surface area (Å²) in [6.45, 7) is 2.35. The molecule has 0 heterocycles. The van der Waals surface area contributed by atoms with Gasteiger partial charge in [-0.1, -0.05) is 164 Å². The second-order valence-electron chi connectivity index (χ2n) is 12.8. The molecule has 8 aromatic carbocycles. The normalized spacial score (nSPS) is 15.8. The van der Waals surface area contributed by atoms with Crippen LogP contribution >= 0.6 is 0 Å². The van der Waals surface area contributed by atoms with E-state index < -0.39 is 0 Å². The van der Waals surface area contributed by atoms with E-state index in [0.717, 1.165) is 0 Å². The number of rotatable bonds is 5. The minimum atomic E-state index is 0.577. The maximum absolute atomic E-state index is 2.37. The van der Waals surface area contributed by atoms with Crippen LogP contribution < -0.4 is 0 Å². The van der Waals surface area contributed by atoms with Crippen molar-refractivity contribution in [2.24, 2.45) is 0 Å². The zero-order chi connectivity index (χ0) is 30.6. The van der Waals surface area contributed by atoms with Crippen molar-refractivity contribution in [1.82, 2.24) is 0 Å². The molecule has 2 atom stereocenters. The fourth-order valence-corrected chi connectivity index (χ4v) is 8.03. The smallest absolute Gasteiger partial charge is 0.00201 e. The summed E-state index contributed by atoms with van der Waals surface area (Å²) >= 11 is 0. The monoisotopic (exact) mass is 586 g/mol. The first-order chi connectivity index (χ1) is 22.8. The van der Waals surface area contributed by atoms with E-state index in [1.165, 1.54) is 88.8 Å². The van der Waals surface area contributed by atoms with Gasteiger partial charge in [0.2, 0.25) is 0 Å². The number of fused-ring (bicyclic) bond motifs is 3. The fourth-order valence-electron chi connectivity index (χ4n) is 8.03. The standard InChI is InChI=1S/C46H34/c1-30-33(44-29-43(44)32-17-6-3-7-18-32)25-14-26-34(30)45-38-21-10-12-23-40(38)46(41-24-13-11-22-39(41)45)42-28-27-35(31-15-4-2-5-16-31)36-19-8-9-20-37(36)42/h2-28,43-44H,29H2,1H3. The van der Waals surface area contributed by atoms with Crippen LogP contribution in [-0.2, 0) is 0 Å². The Labute approximate surface area is 270 Å². The van der Waals surface area contributed by atoms with Crippen molar-refractivity contribution in [1.29, 1.82) is 0 Å². The maximum Gasteiger partial charge on any atom is -0.00201 e. The summed E-state index contributed by atoms with van der Waals surface area (Å²) < 4.78 is 0. The van der Waals surface area contributed by atoms with Crippen molar-refractivity contribution in [2.75, 3.05) is 0 Å². The molecule has 1 aliphatic carbocycles. The third-order valence-corrected chi connectivity index (χ3v) is 10.3. The van der Waals surface area contributed by atoms with Gasteiger partial charge in [-0.25, -0.2) is 0 Å². The summed E-state index contributed by atoms with van der Waals surface area (Å²) in [4.78, 5) is 0. The van der Waals surface area contributed by atoms with Gasteiger partial charge in [0.25, 0.3) is 0 Å². The fraction of sp³-hybridized carbons (Fsp3) is 0.0870. The van der Waals surface area contributed by atoms with E-state index in [1.54, 1.807) is 0 Å². The van der Waals surface area contributed by atoms with Crippen LogP contribution in [0.1, 0.15) is 34.9 Å². The first-order valence-electron chi connectivity index (χ1n) is 16.4. The molecular formula is C46H34. The summed E-state index contributed by atoms with van der Waals surface area (Å²) in [7, 11) is 0. The highest BCUT2D eigenvalue weighted by atomic mass is 14.4. The first-order valence-corrected chi connectivity index (χ1v) is 16.4. The Kier molecular flexibility index (Phi) is 6.35. The van der Waals surface area contributed by atoms with Crippen LogP contribution in [0.25, 0.3) is 65.7 Å². The highest BCUT2D eigenvalue weighted by Crippen LogP contribution is 2.56. The van der Waals surface area contributed by atoms with Crippen LogP contribution in [0.4, 0.5) is 0 Å². The third kappa shape index (κ3) is 4.29. The minimum absolute atomic E-state index is 0.577. The van der Waals surface area contributed by atoms with Gasteiger partial charge in [-0.3, -0.25) is 0 Å². The van der Waals surface area contributed by atoms with Crippen LogP contribution in [0.2, 0.25) is 0 Å². The zero-order valence-corrected chi connectivity index (χ0v) is 26.0. The predicted molar refractivity (Wildman–Crippen MR) is 197 cm³/mol. The van der Waals surface area contributed by atoms with Crippen LogP contribution in [0.5, 0.6) is 0 Å². The molecule has 0 N–H and O–H groups in total. The van der Waals surface area contributed by atoms with Gasteiger partial charge in [0.15, 0.2) is 0 Å². The van der Waals surface area contributed by atoms with Crippen LogP contribution in [-0.4, -0.2) is 0 Å². The SMILES string of the molecule is Cc1c(-c2c3ccccc3c(-c3ccc(-c4ccccc4)c4ccccc34)c3ccccc23)cccc1C1CC1c1ccccc1. The van der Waals surface area contributed by atoms with Crippen LogP contribution in [0, 0.1) is 6.92 Å². The van der Waals surface area contributed by atoms with E-state index in [4.69, 9.17) is 0 Å². The predicted octanol–water partition coefficient (Wildman–Crippen LogP) is 12.7. The van der Waals surface area contributed by atoms with Crippen LogP contribution in [0.3, 0.4) is 0 Å². The van der Waals surface area contributed by atoms with Gasteiger partial charge in [0, 0.05) is 0 Å². The lowest BCUT2D eigenvalue weighted by Crippen LogP contribution is -1.96. The third-order valence-electron chi connectivity index (χ3n) is 10.3. The Balaban J connectivity index is 1.28. The molecule has 9 rings (SSSR count). The Morgan fingerprint density at radius 3 is 1.46 bits per heavy atom. The minimum Gasteiger partial charge on any atom is -0.0622 e. The molecule has 0 amide bonds. The van der Waals surface area contributed by atoms with Crippen molar-refractivity contribution in [3.8, 4) is 33.4 Å². The van der Waals surface area contributed by atoms with E-state index in [-0.39, 0.29) is 0 Å². The lowest BCUT2D eigenvalue weighted by molar-refractivity contribution is 1.01. The van der Waals surface area contributed by atoms with Gasteiger partial charge in [-0.2, -0.15) is 0 Å². The molecule has 1 aliphatic rings. The Bertz CT molecular complexity index is 2340. The van der Waals surface area contributed by atoms with Gasteiger partial charge in [0.1, 0.15) is 0 Å². The molecule has 0 heteroatoms. The molecular weight excluding hydrogens is 553 g/mol. The van der Waals surface area contributed by atoms with E-state index in [2.05, 4.69) is 171 Å². The molecule has 0 spiro atoms. The molecule has 2 unspecified atom stereocenters. The van der Waals surface area contributed by atoms with E-state index in [9.17, 15) is 0 Å². The summed E-state index contributed by atoms with van der Waals surface area (Å²) in [6.07, 6.45) is 1.22. The summed E-state index contributed by atoms with van der Waals surface area (Å²) in [5.74, 6) is 1.19. The first kappa shape index (κ1) is 26.9. The van der Waals surface area contributed by atoms with Crippen molar-refractivity contribution in [3.63, 3.8) is 0 Å². The molecule has 8 aromatic rings. The highest BCUT2D eigenvalue weighted by Gasteiger charge is 2.40. The van der Waals surface area contributed by atoms with Crippen molar-refractivity contribution in [2.45, 2.75) is 25.2 Å². The molecule has 218 valence electrons. The molecule has 1 saturated carbocycles. The van der Waals surface area contributed by atoms with Crippen molar-refractivity contribution in [3.05, 3.63) is 180 Å². The van der Waals surface area contributed by atoms with E-state index in [0.29, 0.717) is 11.8 Å². The lowest BCUT2D eigenvalue weighted by Gasteiger charge is -2.21.